The van der Waals surface area contributed by atoms with Gasteiger partial charge in [0.05, 0.1) is 16.6 Å². The van der Waals surface area contributed by atoms with Crippen LogP contribution in [-0.2, 0) is 6.54 Å². The molecule has 0 saturated heterocycles. The van der Waals surface area contributed by atoms with Gasteiger partial charge in [0.2, 0.25) is 6.43 Å². The van der Waals surface area contributed by atoms with Gasteiger partial charge in [0.1, 0.15) is 11.3 Å². The van der Waals surface area contributed by atoms with Crippen molar-refractivity contribution >= 4 is 27.6 Å². The first-order chi connectivity index (χ1) is 11.6. The first-order valence-corrected chi connectivity index (χ1v) is 7.46. The maximum atomic E-state index is 12.4. The van der Waals surface area contributed by atoms with Crippen LogP contribution in [0.4, 0.5) is 14.6 Å². The zero-order valence-electron chi connectivity index (χ0n) is 12.6. The average molecular weight is 328 g/mol. The summed E-state index contributed by atoms with van der Waals surface area (Å²) in [6.45, 7) is 0.138. The van der Waals surface area contributed by atoms with E-state index in [0.717, 1.165) is 16.6 Å². The number of nitrogens with zero attached hydrogens (tertiary/aromatic N) is 4. The fraction of sp³-hybridized carbons (Fsp3) is 0.188. The molecule has 6 nitrogen and oxygen atoms in total. The molecular formula is C16H14F2N6. The number of nitrogens with two attached hydrogens (primary N) is 1. The molecule has 0 radical (unpaired) electrons. The van der Waals surface area contributed by atoms with Crippen molar-refractivity contribution in [2.24, 2.45) is 0 Å². The van der Waals surface area contributed by atoms with E-state index in [2.05, 4.69) is 20.3 Å². The Morgan fingerprint density at radius 2 is 2.08 bits per heavy atom. The van der Waals surface area contributed by atoms with Gasteiger partial charge in [0, 0.05) is 36.3 Å². The third kappa shape index (κ3) is 2.45. The third-order valence-corrected chi connectivity index (χ3v) is 3.92. The summed E-state index contributed by atoms with van der Waals surface area (Å²) in [5, 5.41) is 12.8. The molecule has 0 aliphatic carbocycles. The number of alkyl halides is 2. The fourth-order valence-corrected chi connectivity index (χ4v) is 2.75. The first-order valence-electron chi connectivity index (χ1n) is 7.46. The number of rotatable bonds is 4. The van der Waals surface area contributed by atoms with Gasteiger partial charge in [-0.05, 0) is 18.2 Å². The SMILES string of the molecule is Nc1nc2cc(-c3ccn[nH]3)ccc2c2nn(CCC(F)F)cc12. The molecule has 24 heavy (non-hydrogen) atoms. The van der Waals surface area contributed by atoms with E-state index in [9.17, 15) is 8.78 Å². The topological polar surface area (TPSA) is 85.4 Å². The lowest BCUT2D eigenvalue weighted by molar-refractivity contribution is 0.130. The zero-order chi connectivity index (χ0) is 16.7. The summed E-state index contributed by atoms with van der Waals surface area (Å²) in [7, 11) is 0. The number of nitrogens with one attached hydrogen (secondary N) is 1. The van der Waals surface area contributed by atoms with Gasteiger partial charge in [-0.2, -0.15) is 10.2 Å². The Morgan fingerprint density at radius 3 is 2.83 bits per heavy atom. The van der Waals surface area contributed by atoms with E-state index in [1.807, 2.05) is 24.3 Å². The number of aromatic nitrogens is 5. The molecule has 8 heteroatoms. The van der Waals surface area contributed by atoms with Gasteiger partial charge in [-0.25, -0.2) is 13.8 Å². The molecule has 0 saturated carbocycles. The zero-order valence-corrected chi connectivity index (χ0v) is 12.6. The summed E-state index contributed by atoms with van der Waals surface area (Å²) in [4.78, 5) is 4.42. The highest BCUT2D eigenvalue weighted by Gasteiger charge is 2.13. The summed E-state index contributed by atoms with van der Waals surface area (Å²) in [5.74, 6) is 0.336. The molecule has 0 atom stereocenters. The van der Waals surface area contributed by atoms with Crippen LogP contribution in [0.3, 0.4) is 0 Å². The maximum absolute atomic E-state index is 12.4. The number of nitrogen functional groups attached to an aromatic ring is 1. The Balaban J connectivity index is 1.84. The molecule has 0 unspecified atom stereocenters. The van der Waals surface area contributed by atoms with E-state index < -0.39 is 6.43 Å². The van der Waals surface area contributed by atoms with Crippen LogP contribution < -0.4 is 5.73 Å². The number of aryl methyl sites for hydroxylation is 1. The molecule has 0 fully saturated rings. The van der Waals surface area contributed by atoms with E-state index >= 15 is 0 Å². The van der Waals surface area contributed by atoms with Crippen molar-refractivity contribution in [1.29, 1.82) is 0 Å². The average Bonchev–Trinajstić information content (AvgIpc) is 3.22. The molecule has 0 bridgehead atoms. The first kappa shape index (κ1) is 14.6. The van der Waals surface area contributed by atoms with E-state index in [4.69, 9.17) is 5.73 Å². The minimum Gasteiger partial charge on any atom is -0.383 e. The second-order valence-corrected chi connectivity index (χ2v) is 5.53. The summed E-state index contributed by atoms with van der Waals surface area (Å²) in [5.41, 5.74) is 9.21. The van der Waals surface area contributed by atoms with E-state index in [0.29, 0.717) is 22.2 Å². The number of pyridine rings is 1. The molecule has 1 aromatic carbocycles. The smallest absolute Gasteiger partial charge is 0.240 e. The molecule has 0 aliphatic heterocycles. The van der Waals surface area contributed by atoms with E-state index in [1.165, 1.54) is 4.68 Å². The number of fused-ring (bicyclic) bond motifs is 3. The number of hydrogen-bond donors (Lipinski definition) is 2. The Kier molecular flexibility index (Phi) is 3.37. The van der Waals surface area contributed by atoms with Crippen molar-refractivity contribution < 1.29 is 8.78 Å². The lowest BCUT2D eigenvalue weighted by Crippen LogP contribution is -2.02. The second kappa shape index (κ2) is 5.55. The number of anilines is 1. The molecule has 4 rings (SSSR count). The lowest BCUT2D eigenvalue weighted by Gasteiger charge is -2.03. The van der Waals surface area contributed by atoms with Crippen molar-refractivity contribution in [3.63, 3.8) is 0 Å². The van der Waals surface area contributed by atoms with Crippen LogP contribution in [0.2, 0.25) is 0 Å². The maximum Gasteiger partial charge on any atom is 0.240 e. The van der Waals surface area contributed by atoms with Gasteiger partial charge in [0.25, 0.3) is 0 Å². The number of hydrogen-bond acceptors (Lipinski definition) is 4. The standard InChI is InChI=1S/C16H14F2N6/c17-14(18)4-6-24-8-11-15(23-24)10-2-1-9(12-3-5-20-22-12)7-13(10)21-16(11)19/h1-3,5,7-8,14H,4,6H2,(H2,19,21)(H,20,22). The number of benzene rings is 1. The summed E-state index contributed by atoms with van der Waals surface area (Å²) in [6, 6.07) is 7.61. The summed E-state index contributed by atoms with van der Waals surface area (Å²) >= 11 is 0. The minimum absolute atomic E-state index is 0.138. The highest BCUT2D eigenvalue weighted by molar-refractivity contribution is 6.08. The molecule has 0 amide bonds. The molecule has 3 heterocycles. The third-order valence-electron chi connectivity index (χ3n) is 3.92. The van der Waals surface area contributed by atoms with Crippen molar-refractivity contribution in [1.82, 2.24) is 25.0 Å². The van der Waals surface area contributed by atoms with Crippen LogP contribution in [-0.4, -0.2) is 31.4 Å². The number of H-pyrrole nitrogens is 1. The molecule has 3 N–H and O–H groups in total. The van der Waals surface area contributed by atoms with Gasteiger partial charge in [-0.3, -0.25) is 9.78 Å². The van der Waals surface area contributed by atoms with Crippen LogP contribution in [0.25, 0.3) is 33.1 Å². The fourth-order valence-electron chi connectivity index (χ4n) is 2.75. The Morgan fingerprint density at radius 1 is 1.21 bits per heavy atom. The van der Waals surface area contributed by atoms with Crippen molar-refractivity contribution in [3.8, 4) is 11.3 Å². The Bertz CT molecular complexity index is 1010. The molecule has 4 aromatic rings. The normalized spacial score (nSPS) is 11.8. The van der Waals surface area contributed by atoms with Gasteiger partial charge in [0.15, 0.2) is 0 Å². The van der Waals surface area contributed by atoms with Crippen LogP contribution in [0, 0.1) is 0 Å². The second-order valence-electron chi connectivity index (χ2n) is 5.53. The minimum atomic E-state index is -2.36. The van der Waals surface area contributed by atoms with E-state index in [1.54, 1.807) is 12.4 Å². The molecule has 0 spiro atoms. The molecular weight excluding hydrogens is 314 g/mol. The van der Waals surface area contributed by atoms with Crippen molar-refractivity contribution in [2.45, 2.75) is 19.4 Å². The van der Waals surface area contributed by atoms with Crippen LogP contribution in [0.15, 0.2) is 36.7 Å². The monoisotopic (exact) mass is 328 g/mol. The van der Waals surface area contributed by atoms with Gasteiger partial charge < -0.3 is 5.73 Å². The molecule has 122 valence electrons. The number of aromatic amines is 1. The van der Waals surface area contributed by atoms with Crippen molar-refractivity contribution in [2.75, 3.05) is 5.73 Å². The largest absolute Gasteiger partial charge is 0.383 e. The Hall–Kier alpha value is -3.03. The van der Waals surface area contributed by atoms with Gasteiger partial charge in [-0.15, -0.1) is 0 Å². The predicted octanol–water partition coefficient (Wildman–Crippen LogP) is 3.21. The van der Waals surface area contributed by atoms with Crippen LogP contribution in [0.1, 0.15) is 6.42 Å². The van der Waals surface area contributed by atoms with Gasteiger partial charge >= 0.3 is 0 Å². The highest BCUT2D eigenvalue weighted by atomic mass is 19.3. The van der Waals surface area contributed by atoms with E-state index in [-0.39, 0.29) is 13.0 Å². The molecule has 3 aromatic heterocycles. The lowest BCUT2D eigenvalue weighted by atomic mass is 10.1. The molecule has 0 aliphatic rings. The summed E-state index contributed by atoms with van der Waals surface area (Å²) in [6.07, 6.45) is 0.738. The summed E-state index contributed by atoms with van der Waals surface area (Å²) < 4.78 is 26.3. The predicted molar refractivity (Wildman–Crippen MR) is 87.6 cm³/mol. The van der Waals surface area contributed by atoms with Gasteiger partial charge in [-0.1, -0.05) is 6.07 Å². The van der Waals surface area contributed by atoms with Crippen molar-refractivity contribution in [3.05, 3.63) is 36.7 Å². The van der Waals surface area contributed by atoms with Crippen LogP contribution in [0.5, 0.6) is 0 Å². The quantitative estimate of drug-likeness (QED) is 0.602. The highest BCUT2D eigenvalue weighted by Crippen LogP contribution is 2.29. The number of halogens is 2. The Labute approximate surface area is 135 Å². The van der Waals surface area contributed by atoms with Crippen LogP contribution >= 0.6 is 0 Å².